The van der Waals surface area contributed by atoms with Gasteiger partial charge in [0.25, 0.3) is 11.8 Å². The maximum absolute atomic E-state index is 13.0. The highest BCUT2D eigenvalue weighted by molar-refractivity contribution is 6.24. The molecule has 9 nitrogen and oxygen atoms in total. The zero-order valence-electron chi connectivity index (χ0n) is 15.8. The quantitative estimate of drug-likeness (QED) is 0.644. The second kappa shape index (κ2) is 8.64. The van der Waals surface area contributed by atoms with Gasteiger partial charge in [-0.15, -0.1) is 0 Å². The Hall–Kier alpha value is -3.23. The van der Waals surface area contributed by atoms with E-state index < -0.39 is 29.7 Å². The average molecular weight is 414 g/mol. The van der Waals surface area contributed by atoms with Gasteiger partial charge in [0.15, 0.2) is 0 Å². The van der Waals surface area contributed by atoms with Crippen molar-refractivity contribution < 1.29 is 24.0 Å². The summed E-state index contributed by atoms with van der Waals surface area (Å²) in [5.41, 5.74) is 0.913. The van der Waals surface area contributed by atoms with Crippen molar-refractivity contribution in [2.45, 2.75) is 64.6 Å². The first-order valence-corrected chi connectivity index (χ1v) is 9.83. The maximum Gasteiger partial charge on any atom is 0.315 e. The summed E-state index contributed by atoms with van der Waals surface area (Å²) in [6, 6.07) is 3.70. The topological polar surface area (TPSA) is 125 Å². The van der Waals surface area contributed by atoms with Crippen molar-refractivity contribution >= 4 is 29.7 Å². The van der Waals surface area contributed by atoms with Crippen molar-refractivity contribution in [3.63, 3.8) is 0 Å². The number of carbonyl (C=O) groups excluding carboxylic acids is 5. The zero-order valence-corrected chi connectivity index (χ0v) is 15.8. The third-order valence-electron chi connectivity index (χ3n) is 5.68. The van der Waals surface area contributed by atoms with Crippen molar-refractivity contribution in [3.05, 3.63) is 34.9 Å². The van der Waals surface area contributed by atoms with E-state index in [9.17, 15) is 24.0 Å². The number of hydrogen-bond acceptors (Lipinski definition) is 5. The van der Waals surface area contributed by atoms with Crippen molar-refractivity contribution in [1.29, 1.82) is 0 Å². The van der Waals surface area contributed by atoms with Crippen LogP contribution in [0.15, 0.2) is 18.2 Å². The predicted molar refractivity (Wildman–Crippen MR) is 107 cm³/mol. The van der Waals surface area contributed by atoms with Gasteiger partial charge in [0.1, 0.15) is 6.04 Å². The number of nitrogens with zero attached hydrogens (tertiary/aromatic N) is 1. The van der Waals surface area contributed by atoms with E-state index in [1.165, 1.54) is 6.07 Å². The van der Waals surface area contributed by atoms with Crippen LogP contribution in [0.4, 0.5) is 4.79 Å². The van der Waals surface area contributed by atoms with E-state index in [1.54, 1.807) is 12.1 Å². The molecule has 3 aliphatic rings. The monoisotopic (exact) mass is 414 g/mol. The van der Waals surface area contributed by atoms with Crippen LogP contribution in [0, 0.1) is 0 Å². The molecule has 2 fully saturated rings. The van der Waals surface area contributed by atoms with E-state index in [0.29, 0.717) is 5.56 Å². The molecule has 6 amide bonds. The Morgan fingerprint density at radius 1 is 1.07 bits per heavy atom. The van der Waals surface area contributed by atoms with E-state index in [4.69, 9.17) is 0 Å². The molecule has 3 N–H and O–H groups in total. The number of piperidine rings is 1. The summed E-state index contributed by atoms with van der Waals surface area (Å²) in [6.07, 6.45) is 4.30. The molecule has 0 radical (unpaired) electrons. The standard InChI is InChI=1S/C20H22N4O5.CH4/c25-15-9-8-14(17(26)23-15)24-18(27)13-7-3-4-11(16(13)19(24)28)10-21-20(29)22-12-5-1-2-6-12;/h3-4,7,12,14H,1-2,5-6,8-10H2,(H2,21,22,29)(H,23,25,26);1H4. The first-order valence-electron chi connectivity index (χ1n) is 9.83. The molecule has 9 heteroatoms. The van der Waals surface area contributed by atoms with Crippen molar-refractivity contribution in [3.8, 4) is 0 Å². The summed E-state index contributed by atoms with van der Waals surface area (Å²) < 4.78 is 0. The molecule has 2 aliphatic heterocycles. The predicted octanol–water partition coefficient (Wildman–Crippen LogP) is 1.47. The molecule has 160 valence electrons. The highest BCUT2D eigenvalue weighted by Crippen LogP contribution is 2.29. The van der Waals surface area contributed by atoms with Crippen LogP contribution < -0.4 is 16.0 Å². The summed E-state index contributed by atoms with van der Waals surface area (Å²) in [7, 11) is 0. The van der Waals surface area contributed by atoms with Gasteiger partial charge in [-0.3, -0.25) is 29.4 Å². The van der Waals surface area contributed by atoms with Crippen molar-refractivity contribution in [1.82, 2.24) is 20.9 Å². The average Bonchev–Trinajstić information content (AvgIpc) is 3.28. The van der Waals surface area contributed by atoms with Crippen LogP contribution in [0.5, 0.6) is 0 Å². The van der Waals surface area contributed by atoms with Gasteiger partial charge >= 0.3 is 6.03 Å². The Balaban J connectivity index is 0.00000256. The first kappa shape index (κ1) is 21.5. The van der Waals surface area contributed by atoms with Crippen LogP contribution in [0.2, 0.25) is 0 Å². The van der Waals surface area contributed by atoms with Crippen LogP contribution >= 0.6 is 0 Å². The molecule has 1 saturated heterocycles. The van der Waals surface area contributed by atoms with Crippen molar-refractivity contribution in [2.75, 3.05) is 0 Å². The number of imide groups is 2. The lowest BCUT2D eigenvalue weighted by Crippen LogP contribution is -2.54. The number of rotatable bonds is 4. The van der Waals surface area contributed by atoms with Gasteiger partial charge in [-0.05, 0) is 30.9 Å². The second-order valence-corrected chi connectivity index (χ2v) is 7.60. The van der Waals surface area contributed by atoms with Gasteiger partial charge in [-0.2, -0.15) is 0 Å². The molecule has 1 aromatic carbocycles. The largest absolute Gasteiger partial charge is 0.335 e. The molecule has 1 aliphatic carbocycles. The van der Waals surface area contributed by atoms with Crippen molar-refractivity contribution in [2.24, 2.45) is 0 Å². The van der Waals surface area contributed by atoms with Gasteiger partial charge in [0.05, 0.1) is 11.1 Å². The lowest BCUT2D eigenvalue weighted by atomic mass is 10.0. The fourth-order valence-corrected chi connectivity index (χ4v) is 4.21. The highest BCUT2D eigenvalue weighted by Gasteiger charge is 2.45. The molecular formula is C21H26N4O5. The summed E-state index contributed by atoms with van der Waals surface area (Å²) in [6.45, 7) is 0.0872. The van der Waals surface area contributed by atoms with E-state index in [-0.39, 0.29) is 50.0 Å². The zero-order chi connectivity index (χ0) is 20.5. The van der Waals surface area contributed by atoms with E-state index >= 15 is 0 Å². The lowest BCUT2D eigenvalue weighted by Gasteiger charge is -2.27. The van der Waals surface area contributed by atoms with E-state index in [2.05, 4.69) is 16.0 Å². The normalized spacial score (nSPS) is 21.2. The highest BCUT2D eigenvalue weighted by atomic mass is 16.2. The molecule has 1 atom stereocenters. The summed E-state index contributed by atoms with van der Waals surface area (Å²) in [5.74, 6) is -2.20. The third kappa shape index (κ3) is 3.92. The van der Waals surface area contributed by atoms with Crippen LogP contribution in [0.25, 0.3) is 0 Å². The smallest absolute Gasteiger partial charge is 0.315 e. The lowest BCUT2D eigenvalue weighted by molar-refractivity contribution is -0.136. The molecule has 1 aromatic rings. The molecule has 30 heavy (non-hydrogen) atoms. The second-order valence-electron chi connectivity index (χ2n) is 7.60. The maximum atomic E-state index is 13.0. The molecule has 0 bridgehead atoms. The molecule has 0 aromatic heterocycles. The molecule has 4 rings (SSSR count). The van der Waals surface area contributed by atoms with E-state index in [0.717, 1.165) is 30.6 Å². The number of fused-ring (bicyclic) bond motifs is 1. The number of urea groups is 1. The van der Waals surface area contributed by atoms with Crippen LogP contribution in [-0.4, -0.2) is 46.6 Å². The van der Waals surface area contributed by atoms with Crippen LogP contribution in [0.1, 0.15) is 72.2 Å². The molecular weight excluding hydrogens is 388 g/mol. The Bertz CT molecular complexity index is 907. The Labute approximate surface area is 174 Å². The van der Waals surface area contributed by atoms with Crippen LogP contribution in [-0.2, 0) is 16.1 Å². The Morgan fingerprint density at radius 2 is 1.80 bits per heavy atom. The minimum atomic E-state index is -1.01. The van der Waals surface area contributed by atoms with Gasteiger partial charge in [-0.1, -0.05) is 32.4 Å². The Kier molecular flexibility index (Phi) is 6.19. The molecule has 1 saturated carbocycles. The number of amides is 6. The van der Waals surface area contributed by atoms with Crippen LogP contribution in [0.3, 0.4) is 0 Å². The van der Waals surface area contributed by atoms with Gasteiger partial charge in [0, 0.05) is 19.0 Å². The van der Waals surface area contributed by atoms with Gasteiger partial charge in [-0.25, -0.2) is 4.79 Å². The molecule has 0 spiro atoms. The summed E-state index contributed by atoms with van der Waals surface area (Å²) in [4.78, 5) is 62.4. The number of carbonyl (C=O) groups is 5. The number of hydrogen-bond donors (Lipinski definition) is 3. The SMILES string of the molecule is C.O=C1CCC(N2C(=O)c3cccc(CNC(=O)NC4CCCC4)c3C2=O)C(=O)N1. The van der Waals surface area contributed by atoms with E-state index in [1.807, 2.05) is 0 Å². The molecule has 1 unspecified atom stereocenters. The first-order chi connectivity index (χ1) is 14.0. The number of nitrogens with one attached hydrogen (secondary N) is 3. The Morgan fingerprint density at radius 3 is 2.50 bits per heavy atom. The summed E-state index contributed by atoms with van der Waals surface area (Å²) in [5, 5.41) is 7.83. The van der Waals surface area contributed by atoms with Gasteiger partial charge in [0.2, 0.25) is 11.8 Å². The third-order valence-corrected chi connectivity index (χ3v) is 5.68. The summed E-state index contributed by atoms with van der Waals surface area (Å²) >= 11 is 0. The fraction of sp³-hybridized carbons (Fsp3) is 0.476. The minimum Gasteiger partial charge on any atom is -0.335 e. The fourth-order valence-electron chi connectivity index (χ4n) is 4.21. The minimum absolute atomic E-state index is 0. The van der Waals surface area contributed by atoms with Gasteiger partial charge < -0.3 is 10.6 Å². The number of benzene rings is 1. The molecule has 2 heterocycles.